The Balaban J connectivity index is 2.70. The number of hydrogen-bond acceptors (Lipinski definition) is 2. The van der Waals surface area contributed by atoms with Gasteiger partial charge in [-0.25, -0.2) is 4.98 Å². The van der Waals surface area contributed by atoms with Crippen molar-refractivity contribution in [1.29, 1.82) is 0 Å². The molecule has 0 aromatic carbocycles. The largest absolute Gasteiger partial charge is 0.299 e. The van der Waals surface area contributed by atoms with Gasteiger partial charge in [-0.1, -0.05) is 13.3 Å². The highest BCUT2D eigenvalue weighted by Crippen LogP contribution is 1.88. The lowest BCUT2D eigenvalue weighted by Crippen LogP contribution is -2.18. The molecule has 60 valence electrons. The van der Waals surface area contributed by atoms with Crippen molar-refractivity contribution >= 4 is 0 Å². The minimum absolute atomic E-state index is 0.0356. The van der Waals surface area contributed by atoms with Crippen LogP contribution < -0.4 is 5.56 Å². The molecule has 0 unspecified atom stereocenters. The van der Waals surface area contributed by atoms with Crippen molar-refractivity contribution in [1.82, 2.24) is 9.55 Å². The summed E-state index contributed by atoms with van der Waals surface area (Å²) >= 11 is 0. The zero-order valence-electron chi connectivity index (χ0n) is 6.66. The Kier molecular flexibility index (Phi) is 2.83. The molecule has 0 amide bonds. The summed E-state index contributed by atoms with van der Waals surface area (Å²) in [5, 5.41) is 0. The normalized spacial score (nSPS) is 9.91. The minimum atomic E-state index is 0.0356. The Hall–Kier alpha value is -1.12. The van der Waals surface area contributed by atoms with Crippen molar-refractivity contribution < 1.29 is 0 Å². The molecule has 0 N–H and O–H groups in total. The fourth-order valence-corrected chi connectivity index (χ4v) is 0.875. The number of aromatic nitrogens is 2. The van der Waals surface area contributed by atoms with E-state index in [1.165, 1.54) is 12.3 Å². The van der Waals surface area contributed by atoms with Gasteiger partial charge in [0.2, 0.25) is 0 Å². The van der Waals surface area contributed by atoms with E-state index in [0.717, 1.165) is 19.4 Å². The molecule has 0 fully saturated rings. The molecule has 0 atom stereocenters. The zero-order chi connectivity index (χ0) is 8.10. The van der Waals surface area contributed by atoms with Gasteiger partial charge in [0, 0.05) is 18.8 Å². The third-order valence-electron chi connectivity index (χ3n) is 1.54. The highest BCUT2D eigenvalue weighted by atomic mass is 16.1. The Bertz CT molecular complexity index is 267. The summed E-state index contributed by atoms with van der Waals surface area (Å²) < 4.78 is 1.63. The van der Waals surface area contributed by atoms with Crippen molar-refractivity contribution in [3.63, 3.8) is 0 Å². The van der Waals surface area contributed by atoms with Crippen molar-refractivity contribution in [2.24, 2.45) is 0 Å². The standard InChI is InChI=1S/C8H12N2O/c1-2-3-6-10-7-9-5-4-8(10)11/h4-5,7H,2-3,6H2,1H3. The molecule has 3 heteroatoms. The molecule has 0 spiro atoms. The molecule has 0 bridgehead atoms. The SMILES string of the molecule is CCCCn1cnccc1=O. The van der Waals surface area contributed by atoms with Gasteiger partial charge in [0.25, 0.3) is 5.56 Å². The quantitative estimate of drug-likeness (QED) is 0.648. The summed E-state index contributed by atoms with van der Waals surface area (Å²) in [5.41, 5.74) is 0.0356. The molecule has 1 aromatic heterocycles. The van der Waals surface area contributed by atoms with E-state index in [2.05, 4.69) is 11.9 Å². The molecular weight excluding hydrogens is 140 g/mol. The Labute approximate surface area is 65.7 Å². The van der Waals surface area contributed by atoms with E-state index in [1.54, 1.807) is 10.9 Å². The monoisotopic (exact) mass is 152 g/mol. The highest BCUT2D eigenvalue weighted by molar-refractivity contribution is 4.81. The number of rotatable bonds is 3. The molecule has 1 heterocycles. The number of hydrogen-bond donors (Lipinski definition) is 0. The Morgan fingerprint density at radius 2 is 2.45 bits per heavy atom. The first-order valence-electron chi connectivity index (χ1n) is 3.85. The van der Waals surface area contributed by atoms with Crippen LogP contribution in [0.4, 0.5) is 0 Å². The molecule has 3 nitrogen and oxygen atoms in total. The van der Waals surface area contributed by atoms with Gasteiger partial charge in [0.05, 0.1) is 6.33 Å². The van der Waals surface area contributed by atoms with Gasteiger partial charge >= 0.3 is 0 Å². The van der Waals surface area contributed by atoms with Gasteiger partial charge in [-0.05, 0) is 6.42 Å². The average Bonchev–Trinajstić information content (AvgIpc) is 2.03. The van der Waals surface area contributed by atoms with E-state index in [4.69, 9.17) is 0 Å². The summed E-state index contributed by atoms with van der Waals surface area (Å²) in [7, 11) is 0. The summed E-state index contributed by atoms with van der Waals surface area (Å²) in [6.07, 6.45) is 5.23. The number of nitrogens with zero attached hydrogens (tertiary/aromatic N) is 2. The smallest absolute Gasteiger partial charge is 0.253 e. The molecular formula is C8H12N2O. The van der Waals surface area contributed by atoms with Crippen LogP contribution in [0, 0.1) is 0 Å². The molecule has 0 radical (unpaired) electrons. The molecule has 0 aliphatic carbocycles. The summed E-state index contributed by atoms with van der Waals surface area (Å²) in [4.78, 5) is 14.9. The highest BCUT2D eigenvalue weighted by Gasteiger charge is 1.91. The fourth-order valence-electron chi connectivity index (χ4n) is 0.875. The van der Waals surface area contributed by atoms with E-state index >= 15 is 0 Å². The first kappa shape index (κ1) is 7.98. The van der Waals surface area contributed by atoms with Crippen molar-refractivity contribution in [2.45, 2.75) is 26.3 Å². The lowest BCUT2D eigenvalue weighted by Gasteiger charge is -2.00. The van der Waals surface area contributed by atoms with E-state index in [1.807, 2.05) is 0 Å². The first-order valence-corrected chi connectivity index (χ1v) is 3.85. The number of unbranched alkanes of at least 4 members (excludes halogenated alkanes) is 1. The van der Waals surface area contributed by atoms with Crippen LogP contribution >= 0.6 is 0 Å². The lowest BCUT2D eigenvalue weighted by atomic mass is 10.3. The van der Waals surface area contributed by atoms with Crippen LogP contribution in [-0.4, -0.2) is 9.55 Å². The Morgan fingerprint density at radius 1 is 1.64 bits per heavy atom. The van der Waals surface area contributed by atoms with E-state index in [0.29, 0.717) is 0 Å². The molecule has 1 rings (SSSR count). The summed E-state index contributed by atoms with van der Waals surface area (Å²) in [5.74, 6) is 0. The third-order valence-corrected chi connectivity index (χ3v) is 1.54. The fraction of sp³-hybridized carbons (Fsp3) is 0.500. The van der Waals surface area contributed by atoms with E-state index < -0.39 is 0 Å². The predicted molar refractivity (Wildman–Crippen MR) is 43.4 cm³/mol. The van der Waals surface area contributed by atoms with Crippen LogP contribution in [0.25, 0.3) is 0 Å². The summed E-state index contributed by atoms with van der Waals surface area (Å²) in [6.45, 7) is 2.88. The second kappa shape index (κ2) is 3.91. The topological polar surface area (TPSA) is 34.9 Å². The maximum Gasteiger partial charge on any atom is 0.253 e. The van der Waals surface area contributed by atoms with Gasteiger partial charge in [-0.3, -0.25) is 9.36 Å². The van der Waals surface area contributed by atoms with E-state index in [-0.39, 0.29) is 5.56 Å². The van der Waals surface area contributed by atoms with Gasteiger partial charge in [0.1, 0.15) is 0 Å². The summed E-state index contributed by atoms with van der Waals surface area (Å²) in [6, 6.07) is 1.48. The third kappa shape index (κ3) is 2.18. The van der Waals surface area contributed by atoms with Crippen LogP contribution in [0.15, 0.2) is 23.4 Å². The van der Waals surface area contributed by atoms with Crippen molar-refractivity contribution in [3.8, 4) is 0 Å². The van der Waals surface area contributed by atoms with Crippen molar-refractivity contribution in [2.75, 3.05) is 0 Å². The van der Waals surface area contributed by atoms with Crippen LogP contribution in [0.5, 0.6) is 0 Å². The van der Waals surface area contributed by atoms with Gasteiger partial charge in [-0.2, -0.15) is 0 Å². The molecule has 1 aromatic rings. The Morgan fingerprint density at radius 3 is 3.09 bits per heavy atom. The van der Waals surface area contributed by atoms with Crippen LogP contribution in [-0.2, 0) is 6.54 Å². The maximum atomic E-state index is 11.0. The van der Waals surface area contributed by atoms with Crippen molar-refractivity contribution in [3.05, 3.63) is 28.9 Å². The molecule has 0 aliphatic rings. The first-order chi connectivity index (χ1) is 5.34. The lowest BCUT2D eigenvalue weighted by molar-refractivity contribution is 0.603. The number of aryl methyl sites for hydroxylation is 1. The maximum absolute atomic E-state index is 11.0. The zero-order valence-corrected chi connectivity index (χ0v) is 6.66. The van der Waals surface area contributed by atoms with Gasteiger partial charge < -0.3 is 0 Å². The minimum Gasteiger partial charge on any atom is -0.299 e. The van der Waals surface area contributed by atoms with Crippen LogP contribution in [0.1, 0.15) is 19.8 Å². The second-order valence-electron chi connectivity index (χ2n) is 2.47. The van der Waals surface area contributed by atoms with Crippen LogP contribution in [0.3, 0.4) is 0 Å². The van der Waals surface area contributed by atoms with E-state index in [9.17, 15) is 4.79 Å². The van der Waals surface area contributed by atoms with Gasteiger partial charge in [-0.15, -0.1) is 0 Å². The predicted octanol–water partition coefficient (Wildman–Crippen LogP) is 1.04. The average molecular weight is 152 g/mol. The molecule has 0 aliphatic heterocycles. The van der Waals surface area contributed by atoms with Gasteiger partial charge in [0.15, 0.2) is 0 Å². The van der Waals surface area contributed by atoms with Crippen LogP contribution in [0.2, 0.25) is 0 Å². The molecule has 0 saturated heterocycles. The molecule has 11 heavy (non-hydrogen) atoms. The molecule has 0 saturated carbocycles. The second-order valence-corrected chi connectivity index (χ2v) is 2.47.